The van der Waals surface area contributed by atoms with Gasteiger partial charge in [0.2, 0.25) is 0 Å². The van der Waals surface area contributed by atoms with Gasteiger partial charge >= 0.3 is 6.09 Å². The highest BCUT2D eigenvalue weighted by Crippen LogP contribution is 2.21. The van der Waals surface area contributed by atoms with E-state index in [-0.39, 0.29) is 6.09 Å². The fourth-order valence-corrected chi connectivity index (χ4v) is 4.82. The van der Waals surface area contributed by atoms with Crippen molar-refractivity contribution in [2.75, 3.05) is 18.8 Å². The number of nitrogens with zero attached hydrogens (tertiary/aromatic N) is 2. The second-order valence-corrected chi connectivity index (χ2v) is 9.10. The average Bonchev–Trinajstić information content (AvgIpc) is 2.90. The van der Waals surface area contributed by atoms with Crippen molar-refractivity contribution < 1.29 is 13.7 Å². The Labute approximate surface area is 138 Å². The van der Waals surface area contributed by atoms with Gasteiger partial charge in [-0.05, 0) is 39.5 Å². The molecular formula is C15H24N2O3S2. The number of amides is 1. The molecule has 124 valence electrons. The number of hydrogen-bond donors (Lipinski definition) is 0. The van der Waals surface area contributed by atoms with Crippen LogP contribution in [-0.2, 0) is 21.3 Å². The van der Waals surface area contributed by atoms with Crippen molar-refractivity contribution in [2.24, 2.45) is 5.92 Å². The van der Waals surface area contributed by atoms with Crippen LogP contribution in [0.5, 0.6) is 0 Å². The van der Waals surface area contributed by atoms with E-state index < -0.39 is 16.4 Å². The molecule has 0 spiro atoms. The summed E-state index contributed by atoms with van der Waals surface area (Å²) < 4.78 is 17.6. The maximum atomic E-state index is 12.2. The van der Waals surface area contributed by atoms with Gasteiger partial charge in [-0.1, -0.05) is 0 Å². The summed E-state index contributed by atoms with van der Waals surface area (Å²) in [6.45, 7) is 7.01. The van der Waals surface area contributed by atoms with Crippen molar-refractivity contribution in [3.63, 3.8) is 0 Å². The third kappa shape index (κ3) is 5.68. The monoisotopic (exact) mass is 344 g/mol. The van der Waals surface area contributed by atoms with Gasteiger partial charge in [-0.2, -0.15) is 0 Å². The molecule has 1 amide bonds. The molecule has 1 fully saturated rings. The number of thiazole rings is 1. The van der Waals surface area contributed by atoms with Gasteiger partial charge in [0.1, 0.15) is 5.60 Å². The standard InChI is InChI=1S/C15H24N2O3S2/c1-15(2,3)20-14(18)17-6-4-12(5-7-17)9-22(19)10-13-8-16-11-21-13/h8,11-12H,4-7,9-10H2,1-3H3/t22-/m1/s1. The Kier molecular flexibility index (Phi) is 5.97. The molecule has 1 aromatic rings. The van der Waals surface area contributed by atoms with Crippen LogP contribution in [0.15, 0.2) is 11.7 Å². The minimum absolute atomic E-state index is 0.239. The van der Waals surface area contributed by atoms with Gasteiger partial charge in [0.25, 0.3) is 0 Å². The fourth-order valence-electron chi connectivity index (χ4n) is 2.40. The number of likely N-dealkylation sites (tertiary alicyclic amines) is 1. The van der Waals surface area contributed by atoms with E-state index in [0.717, 1.165) is 17.7 Å². The van der Waals surface area contributed by atoms with Crippen LogP contribution in [0, 0.1) is 5.92 Å². The van der Waals surface area contributed by atoms with Gasteiger partial charge in [-0.3, -0.25) is 9.19 Å². The Morgan fingerprint density at radius 3 is 2.68 bits per heavy atom. The van der Waals surface area contributed by atoms with Crippen molar-refractivity contribution in [3.05, 3.63) is 16.6 Å². The molecule has 0 unspecified atom stereocenters. The summed E-state index contributed by atoms with van der Waals surface area (Å²) in [5.41, 5.74) is 1.32. The number of rotatable bonds is 4. The Bertz CT molecular complexity index is 503. The molecule has 1 saturated heterocycles. The van der Waals surface area contributed by atoms with E-state index in [0.29, 0.717) is 30.5 Å². The first-order valence-corrected chi connectivity index (χ1v) is 9.90. The molecule has 2 rings (SSSR count). The van der Waals surface area contributed by atoms with Gasteiger partial charge < -0.3 is 9.64 Å². The molecule has 0 aromatic carbocycles. The third-order valence-corrected chi connectivity index (χ3v) is 5.91. The highest BCUT2D eigenvalue weighted by atomic mass is 32.2. The van der Waals surface area contributed by atoms with Crippen LogP contribution in [-0.4, -0.2) is 44.6 Å². The normalized spacial score (nSPS) is 18.2. The first kappa shape index (κ1) is 17.4. The molecule has 0 radical (unpaired) electrons. The zero-order valence-corrected chi connectivity index (χ0v) is 15.0. The number of carbonyl (C=O) groups is 1. The van der Waals surface area contributed by atoms with Crippen LogP contribution in [0.4, 0.5) is 4.79 Å². The summed E-state index contributed by atoms with van der Waals surface area (Å²) in [7, 11) is -0.849. The first-order chi connectivity index (χ1) is 10.3. The summed E-state index contributed by atoms with van der Waals surface area (Å²) >= 11 is 1.55. The van der Waals surface area contributed by atoms with Crippen LogP contribution in [0.3, 0.4) is 0 Å². The predicted molar refractivity (Wildman–Crippen MR) is 89.4 cm³/mol. The zero-order valence-electron chi connectivity index (χ0n) is 13.4. The summed E-state index contributed by atoms with van der Waals surface area (Å²) in [6.07, 6.45) is 3.34. The molecule has 7 heteroatoms. The topological polar surface area (TPSA) is 59.5 Å². The molecule has 0 bridgehead atoms. The average molecular weight is 345 g/mol. The first-order valence-electron chi connectivity index (χ1n) is 7.54. The van der Waals surface area contributed by atoms with E-state index in [2.05, 4.69) is 4.98 Å². The van der Waals surface area contributed by atoms with Crippen molar-refractivity contribution in [3.8, 4) is 0 Å². The quantitative estimate of drug-likeness (QED) is 0.842. The number of piperidine rings is 1. The Hall–Kier alpha value is -0.950. The van der Waals surface area contributed by atoms with Crippen LogP contribution in [0.25, 0.3) is 0 Å². The molecule has 5 nitrogen and oxygen atoms in total. The minimum atomic E-state index is -0.849. The number of carbonyl (C=O) groups excluding carboxylic acids is 1. The molecule has 1 atom stereocenters. The lowest BCUT2D eigenvalue weighted by molar-refractivity contribution is 0.0191. The van der Waals surface area contributed by atoms with E-state index in [4.69, 9.17) is 4.74 Å². The zero-order chi connectivity index (χ0) is 16.2. The van der Waals surface area contributed by atoms with E-state index in [1.54, 1.807) is 27.9 Å². The molecule has 0 N–H and O–H groups in total. The van der Waals surface area contributed by atoms with Gasteiger partial charge in [0.15, 0.2) is 0 Å². The Morgan fingerprint density at radius 1 is 1.45 bits per heavy atom. The summed E-state index contributed by atoms with van der Waals surface area (Å²) in [6, 6.07) is 0. The Balaban J connectivity index is 1.73. The smallest absolute Gasteiger partial charge is 0.410 e. The molecule has 1 aliphatic heterocycles. The van der Waals surface area contributed by atoms with Gasteiger partial charge in [-0.25, -0.2) is 4.79 Å². The third-order valence-electron chi connectivity index (χ3n) is 3.47. The predicted octanol–water partition coefficient (Wildman–Crippen LogP) is 3.04. The fraction of sp³-hybridized carbons (Fsp3) is 0.733. The number of aromatic nitrogens is 1. The van der Waals surface area contributed by atoms with Crippen molar-refractivity contribution in [1.29, 1.82) is 0 Å². The van der Waals surface area contributed by atoms with Crippen molar-refractivity contribution in [1.82, 2.24) is 9.88 Å². The molecule has 1 aliphatic rings. The molecule has 2 heterocycles. The highest BCUT2D eigenvalue weighted by Gasteiger charge is 2.27. The van der Waals surface area contributed by atoms with E-state index in [9.17, 15) is 9.00 Å². The second-order valence-electron chi connectivity index (χ2n) is 6.63. The van der Waals surface area contributed by atoms with Crippen molar-refractivity contribution in [2.45, 2.75) is 45.0 Å². The lowest BCUT2D eigenvalue weighted by Crippen LogP contribution is -2.42. The van der Waals surface area contributed by atoms with Gasteiger partial charge in [0, 0.05) is 40.7 Å². The summed E-state index contributed by atoms with van der Waals surface area (Å²) in [5, 5.41) is 0. The van der Waals surface area contributed by atoms with Crippen LogP contribution < -0.4 is 0 Å². The summed E-state index contributed by atoms with van der Waals surface area (Å²) in [5.74, 6) is 1.73. The Morgan fingerprint density at radius 2 is 2.14 bits per heavy atom. The highest BCUT2D eigenvalue weighted by molar-refractivity contribution is 7.84. The van der Waals surface area contributed by atoms with E-state index >= 15 is 0 Å². The van der Waals surface area contributed by atoms with E-state index in [1.807, 2.05) is 20.8 Å². The molecule has 0 aliphatic carbocycles. The second kappa shape index (κ2) is 7.55. The van der Waals surface area contributed by atoms with Crippen LogP contribution in [0.1, 0.15) is 38.5 Å². The lowest BCUT2D eigenvalue weighted by Gasteiger charge is -2.33. The minimum Gasteiger partial charge on any atom is -0.444 e. The molecule has 0 saturated carbocycles. The van der Waals surface area contributed by atoms with E-state index in [1.165, 1.54) is 0 Å². The van der Waals surface area contributed by atoms with Gasteiger partial charge in [0.05, 0.1) is 11.3 Å². The SMILES string of the molecule is CC(C)(C)OC(=O)N1CCC(C[S@@](=O)Cc2cncs2)CC1. The largest absolute Gasteiger partial charge is 0.444 e. The molecular weight excluding hydrogens is 320 g/mol. The number of ether oxygens (including phenoxy) is 1. The molecule has 1 aromatic heterocycles. The van der Waals surface area contributed by atoms with Crippen LogP contribution >= 0.6 is 11.3 Å². The van der Waals surface area contributed by atoms with Crippen LogP contribution in [0.2, 0.25) is 0 Å². The van der Waals surface area contributed by atoms with Gasteiger partial charge in [-0.15, -0.1) is 11.3 Å². The lowest BCUT2D eigenvalue weighted by atomic mass is 9.99. The maximum absolute atomic E-state index is 12.2. The maximum Gasteiger partial charge on any atom is 0.410 e. The number of hydrogen-bond acceptors (Lipinski definition) is 5. The van der Waals surface area contributed by atoms with Crippen molar-refractivity contribution >= 4 is 28.2 Å². The summed E-state index contributed by atoms with van der Waals surface area (Å²) in [4.78, 5) is 18.8. The molecule has 22 heavy (non-hydrogen) atoms.